The summed E-state index contributed by atoms with van der Waals surface area (Å²) in [7, 11) is 3.18. The molecular weight excluding hydrogens is 404 g/mol. The summed E-state index contributed by atoms with van der Waals surface area (Å²) in [4.78, 5) is 4.50. The van der Waals surface area contributed by atoms with Crippen LogP contribution in [0.2, 0.25) is 0 Å². The molecular formula is C25H30N4O3. The Hall–Kier alpha value is -3.24. The van der Waals surface area contributed by atoms with Crippen LogP contribution in [-0.4, -0.2) is 35.8 Å². The lowest BCUT2D eigenvalue weighted by Gasteiger charge is -2.37. The molecule has 1 fully saturated rings. The van der Waals surface area contributed by atoms with Gasteiger partial charge in [0.05, 0.1) is 31.6 Å². The van der Waals surface area contributed by atoms with Crippen molar-refractivity contribution in [2.45, 2.75) is 44.6 Å². The van der Waals surface area contributed by atoms with Crippen LogP contribution in [0.3, 0.4) is 0 Å². The topological polar surface area (TPSA) is 94.8 Å². The molecule has 2 heterocycles. The molecule has 1 aliphatic carbocycles. The van der Waals surface area contributed by atoms with Crippen molar-refractivity contribution in [2.75, 3.05) is 20.8 Å². The molecule has 0 aliphatic heterocycles. The maximum atomic E-state index is 9.81. The number of nitrogens with zero attached hydrogens (tertiary/aromatic N) is 3. The van der Waals surface area contributed by atoms with E-state index in [9.17, 15) is 5.26 Å². The van der Waals surface area contributed by atoms with Gasteiger partial charge in [-0.25, -0.2) is 4.98 Å². The predicted octanol–water partition coefficient (Wildman–Crippen LogP) is 4.57. The summed E-state index contributed by atoms with van der Waals surface area (Å²) < 4.78 is 19.2. The summed E-state index contributed by atoms with van der Waals surface area (Å²) in [6.45, 7) is 2.57. The highest BCUT2D eigenvalue weighted by atomic mass is 16.5. The van der Waals surface area contributed by atoms with Crippen LogP contribution < -0.4 is 19.9 Å². The van der Waals surface area contributed by atoms with Crippen molar-refractivity contribution in [1.82, 2.24) is 9.38 Å². The Morgan fingerprint density at radius 3 is 2.78 bits per heavy atom. The lowest BCUT2D eigenvalue weighted by atomic mass is 9.76. The van der Waals surface area contributed by atoms with Crippen LogP contribution in [0.1, 0.15) is 44.6 Å². The maximum Gasteiger partial charge on any atom is 0.199 e. The molecule has 0 spiro atoms. The lowest BCUT2D eigenvalue weighted by Crippen LogP contribution is -2.49. The van der Waals surface area contributed by atoms with Crippen molar-refractivity contribution in [3.05, 3.63) is 42.1 Å². The van der Waals surface area contributed by atoms with Crippen molar-refractivity contribution >= 4 is 5.65 Å². The van der Waals surface area contributed by atoms with E-state index < -0.39 is 0 Å². The van der Waals surface area contributed by atoms with Gasteiger partial charge in [-0.05, 0) is 43.0 Å². The Morgan fingerprint density at radius 1 is 1.25 bits per heavy atom. The minimum absolute atomic E-state index is 0.362. The van der Waals surface area contributed by atoms with Gasteiger partial charge in [-0.15, -0.1) is 0 Å². The van der Waals surface area contributed by atoms with Gasteiger partial charge in [0.25, 0.3) is 0 Å². The molecule has 1 aromatic carbocycles. The Kier molecular flexibility index (Phi) is 6.24. The number of nitriles is 1. The summed E-state index contributed by atoms with van der Waals surface area (Å²) >= 11 is 0. The van der Waals surface area contributed by atoms with Crippen LogP contribution in [-0.2, 0) is 0 Å². The number of hydrogen-bond donors (Lipinski definition) is 1. The molecule has 0 bridgehead atoms. The van der Waals surface area contributed by atoms with Gasteiger partial charge in [-0.2, -0.15) is 5.26 Å². The first kappa shape index (κ1) is 22.0. The molecule has 0 saturated heterocycles. The zero-order valence-electron chi connectivity index (χ0n) is 18.9. The van der Waals surface area contributed by atoms with Gasteiger partial charge in [-0.1, -0.05) is 32.3 Å². The molecule has 7 heteroatoms. The maximum absolute atomic E-state index is 9.81. The molecule has 0 amide bonds. The first-order valence-electron chi connectivity index (χ1n) is 11.1. The molecule has 32 heavy (non-hydrogen) atoms. The second-order valence-corrected chi connectivity index (χ2v) is 8.59. The molecule has 2 aromatic heterocycles. The SMILES string of the molecule is CC[C@H]1CCC[C@](N)(COc2cc(-c3cnc4cccc(OC)n34)cc(OC)c2C#N)C1. The Labute approximate surface area is 188 Å². The number of methoxy groups -OCH3 is 2. The van der Waals surface area contributed by atoms with E-state index in [2.05, 4.69) is 18.0 Å². The zero-order valence-corrected chi connectivity index (χ0v) is 18.9. The van der Waals surface area contributed by atoms with Crippen molar-refractivity contribution in [3.63, 3.8) is 0 Å². The monoisotopic (exact) mass is 434 g/mol. The first-order valence-corrected chi connectivity index (χ1v) is 11.1. The van der Waals surface area contributed by atoms with E-state index in [4.69, 9.17) is 19.9 Å². The summed E-state index contributed by atoms with van der Waals surface area (Å²) in [5.74, 6) is 2.20. The normalized spacial score (nSPS) is 20.7. The number of rotatable bonds is 7. The van der Waals surface area contributed by atoms with E-state index in [-0.39, 0.29) is 5.54 Å². The molecule has 4 rings (SSSR count). The summed E-state index contributed by atoms with van der Waals surface area (Å²) in [6.07, 6.45) is 7.09. The average Bonchev–Trinajstić information content (AvgIpc) is 3.26. The third-order valence-electron chi connectivity index (χ3n) is 6.47. The highest BCUT2D eigenvalue weighted by Crippen LogP contribution is 2.38. The van der Waals surface area contributed by atoms with E-state index in [0.29, 0.717) is 35.5 Å². The molecule has 0 radical (unpaired) electrons. The van der Waals surface area contributed by atoms with E-state index in [1.807, 2.05) is 34.7 Å². The van der Waals surface area contributed by atoms with Gasteiger partial charge in [0.2, 0.25) is 0 Å². The van der Waals surface area contributed by atoms with E-state index in [1.165, 1.54) is 6.42 Å². The molecule has 7 nitrogen and oxygen atoms in total. The van der Waals surface area contributed by atoms with Gasteiger partial charge in [-0.3, -0.25) is 4.40 Å². The molecule has 1 saturated carbocycles. The van der Waals surface area contributed by atoms with Gasteiger partial charge < -0.3 is 19.9 Å². The highest BCUT2D eigenvalue weighted by Gasteiger charge is 2.33. The second-order valence-electron chi connectivity index (χ2n) is 8.59. The number of aromatic nitrogens is 2. The molecule has 0 unspecified atom stereocenters. The van der Waals surface area contributed by atoms with Crippen LogP contribution in [0, 0.1) is 17.2 Å². The van der Waals surface area contributed by atoms with Crippen molar-refractivity contribution in [2.24, 2.45) is 11.7 Å². The van der Waals surface area contributed by atoms with Crippen molar-refractivity contribution in [1.29, 1.82) is 5.26 Å². The van der Waals surface area contributed by atoms with Crippen LogP contribution in [0.5, 0.6) is 17.4 Å². The number of benzene rings is 1. The van der Waals surface area contributed by atoms with Gasteiger partial charge in [0.1, 0.15) is 35.4 Å². The Balaban J connectivity index is 1.73. The lowest BCUT2D eigenvalue weighted by molar-refractivity contribution is 0.140. The van der Waals surface area contributed by atoms with Crippen LogP contribution in [0.4, 0.5) is 0 Å². The summed E-state index contributed by atoms with van der Waals surface area (Å²) in [5.41, 5.74) is 9.08. The van der Waals surface area contributed by atoms with Crippen molar-refractivity contribution < 1.29 is 14.2 Å². The Morgan fingerprint density at radius 2 is 2.06 bits per heavy atom. The van der Waals surface area contributed by atoms with E-state index >= 15 is 0 Å². The zero-order chi connectivity index (χ0) is 22.7. The number of nitrogens with two attached hydrogens (primary N) is 1. The number of ether oxygens (including phenoxy) is 3. The number of imidazole rings is 1. The smallest absolute Gasteiger partial charge is 0.199 e. The third-order valence-corrected chi connectivity index (χ3v) is 6.47. The van der Waals surface area contributed by atoms with Crippen LogP contribution in [0.15, 0.2) is 36.5 Å². The standard InChI is InChI=1S/C25H30N4O3/c1-4-17-7-6-10-25(27,13-17)16-32-22-12-18(11-21(30-2)19(22)14-26)20-15-28-23-8-5-9-24(31-3)29(20)23/h5,8-9,11-12,15,17H,4,6-7,10,13,16,27H2,1-3H3/t17-,25+/m0/s1. The molecule has 2 N–H and O–H groups in total. The fourth-order valence-electron chi connectivity index (χ4n) is 4.72. The first-order chi connectivity index (χ1) is 15.5. The highest BCUT2D eigenvalue weighted by molar-refractivity contribution is 5.71. The predicted molar refractivity (Wildman–Crippen MR) is 123 cm³/mol. The minimum atomic E-state index is -0.387. The van der Waals surface area contributed by atoms with Gasteiger partial charge in [0.15, 0.2) is 5.88 Å². The number of fused-ring (bicyclic) bond motifs is 1. The summed E-state index contributed by atoms with van der Waals surface area (Å²) in [6, 6.07) is 11.6. The molecule has 1 aliphatic rings. The fraction of sp³-hybridized carbons (Fsp3) is 0.440. The quantitative estimate of drug-likeness (QED) is 0.585. The fourth-order valence-corrected chi connectivity index (χ4v) is 4.72. The van der Waals surface area contributed by atoms with Gasteiger partial charge in [0, 0.05) is 5.56 Å². The third kappa shape index (κ3) is 4.11. The second kappa shape index (κ2) is 9.09. The van der Waals surface area contributed by atoms with Gasteiger partial charge >= 0.3 is 0 Å². The minimum Gasteiger partial charge on any atom is -0.495 e. The molecule has 168 valence electrons. The van der Waals surface area contributed by atoms with E-state index in [0.717, 1.165) is 42.6 Å². The Bertz CT molecular complexity index is 1150. The number of pyridine rings is 1. The molecule has 2 atom stereocenters. The average molecular weight is 435 g/mol. The summed E-state index contributed by atoms with van der Waals surface area (Å²) in [5, 5.41) is 9.81. The van der Waals surface area contributed by atoms with E-state index in [1.54, 1.807) is 20.4 Å². The van der Waals surface area contributed by atoms with Crippen LogP contribution in [0.25, 0.3) is 16.9 Å². The molecule has 3 aromatic rings. The van der Waals surface area contributed by atoms with Crippen LogP contribution >= 0.6 is 0 Å². The van der Waals surface area contributed by atoms with Crippen molar-refractivity contribution in [3.8, 4) is 34.7 Å². The number of hydrogen-bond acceptors (Lipinski definition) is 6. The largest absolute Gasteiger partial charge is 0.495 e.